The smallest absolute Gasteiger partial charge is 0.319 e. The van der Waals surface area contributed by atoms with Crippen LogP contribution in [0.25, 0.3) is 0 Å². The fourth-order valence-corrected chi connectivity index (χ4v) is 2.42. The fraction of sp³-hybridized carbons (Fsp3) is 0.316. The summed E-state index contributed by atoms with van der Waals surface area (Å²) in [6, 6.07) is 15.7. The van der Waals surface area contributed by atoms with E-state index in [1.807, 2.05) is 50.4 Å². The first-order valence-electron chi connectivity index (χ1n) is 8.06. The first-order valence-corrected chi connectivity index (χ1v) is 8.06. The topological polar surface area (TPSA) is 53.6 Å². The van der Waals surface area contributed by atoms with Gasteiger partial charge in [-0.1, -0.05) is 24.3 Å². The molecule has 0 radical (unpaired) electrons. The average molecular weight is 327 g/mol. The molecule has 0 aliphatic carbocycles. The van der Waals surface area contributed by atoms with Crippen LogP contribution in [0, 0.1) is 6.92 Å². The van der Waals surface area contributed by atoms with Crippen LogP contribution in [0.15, 0.2) is 48.5 Å². The van der Waals surface area contributed by atoms with Crippen LogP contribution in [0.3, 0.4) is 0 Å². The number of amides is 2. The van der Waals surface area contributed by atoms with Crippen LogP contribution >= 0.6 is 0 Å². The van der Waals surface area contributed by atoms with E-state index in [4.69, 9.17) is 4.74 Å². The Morgan fingerprint density at radius 3 is 2.62 bits per heavy atom. The molecule has 0 unspecified atom stereocenters. The lowest BCUT2D eigenvalue weighted by molar-refractivity contribution is 0.252. The van der Waals surface area contributed by atoms with E-state index in [1.165, 1.54) is 5.69 Å². The number of para-hydroxylation sites is 1. The van der Waals surface area contributed by atoms with Crippen LogP contribution in [0.1, 0.15) is 12.0 Å². The number of methoxy groups -OCH3 is 1. The van der Waals surface area contributed by atoms with E-state index in [0.29, 0.717) is 18.0 Å². The molecule has 5 heteroatoms. The minimum Gasteiger partial charge on any atom is -0.495 e. The summed E-state index contributed by atoms with van der Waals surface area (Å²) in [7, 11) is 3.64. The van der Waals surface area contributed by atoms with Gasteiger partial charge in [0.1, 0.15) is 5.75 Å². The molecule has 0 saturated carbocycles. The van der Waals surface area contributed by atoms with Crippen molar-refractivity contribution >= 4 is 17.4 Å². The van der Waals surface area contributed by atoms with Crippen molar-refractivity contribution < 1.29 is 9.53 Å². The SMILES string of the molecule is COc1ccc(C)cc1NC(=O)NCCCN(C)c1ccccc1. The Balaban J connectivity index is 1.75. The normalized spacial score (nSPS) is 10.1. The first-order chi connectivity index (χ1) is 11.6. The Morgan fingerprint density at radius 2 is 1.92 bits per heavy atom. The Bertz CT molecular complexity index is 659. The third-order valence-corrected chi connectivity index (χ3v) is 3.76. The molecule has 0 bridgehead atoms. The van der Waals surface area contributed by atoms with E-state index in [2.05, 4.69) is 27.7 Å². The predicted molar refractivity (Wildman–Crippen MR) is 99.1 cm³/mol. The summed E-state index contributed by atoms with van der Waals surface area (Å²) in [6.07, 6.45) is 0.865. The van der Waals surface area contributed by atoms with E-state index in [1.54, 1.807) is 7.11 Å². The number of carbonyl (C=O) groups is 1. The molecule has 5 nitrogen and oxygen atoms in total. The van der Waals surface area contributed by atoms with E-state index in [-0.39, 0.29) is 6.03 Å². The summed E-state index contributed by atoms with van der Waals surface area (Å²) < 4.78 is 5.26. The van der Waals surface area contributed by atoms with Gasteiger partial charge < -0.3 is 20.3 Å². The highest BCUT2D eigenvalue weighted by atomic mass is 16.5. The predicted octanol–water partition coefficient (Wildman–Crippen LogP) is 3.65. The number of nitrogens with one attached hydrogen (secondary N) is 2. The maximum absolute atomic E-state index is 12.0. The third kappa shape index (κ3) is 5.19. The van der Waals surface area contributed by atoms with Crippen LogP contribution in [0.2, 0.25) is 0 Å². The fourth-order valence-electron chi connectivity index (χ4n) is 2.42. The molecule has 2 aromatic carbocycles. The van der Waals surface area contributed by atoms with Gasteiger partial charge in [-0.3, -0.25) is 0 Å². The highest BCUT2D eigenvalue weighted by Crippen LogP contribution is 2.24. The monoisotopic (exact) mass is 327 g/mol. The van der Waals surface area contributed by atoms with Crippen molar-refractivity contribution in [1.82, 2.24) is 5.32 Å². The molecule has 2 aromatic rings. The zero-order valence-electron chi connectivity index (χ0n) is 14.5. The molecule has 24 heavy (non-hydrogen) atoms. The zero-order chi connectivity index (χ0) is 17.4. The molecule has 2 rings (SSSR count). The van der Waals surface area contributed by atoms with Gasteiger partial charge in [0.2, 0.25) is 0 Å². The number of rotatable bonds is 7. The van der Waals surface area contributed by atoms with Gasteiger partial charge >= 0.3 is 6.03 Å². The summed E-state index contributed by atoms with van der Waals surface area (Å²) in [5.74, 6) is 0.652. The summed E-state index contributed by atoms with van der Waals surface area (Å²) in [5.41, 5.74) is 2.92. The molecule has 0 atom stereocenters. The third-order valence-electron chi connectivity index (χ3n) is 3.76. The van der Waals surface area contributed by atoms with Gasteiger partial charge in [-0.15, -0.1) is 0 Å². The molecular formula is C19H25N3O2. The second-order valence-corrected chi connectivity index (χ2v) is 5.70. The molecule has 0 aromatic heterocycles. The summed E-state index contributed by atoms with van der Waals surface area (Å²) in [6.45, 7) is 3.46. The standard InChI is InChI=1S/C19H25N3O2/c1-15-10-11-18(24-3)17(14-15)21-19(23)20-12-7-13-22(2)16-8-5-4-6-9-16/h4-6,8-11,14H,7,12-13H2,1-3H3,(H2,20,21,23). The molecule has 0 heterocycles. The van der Waals surface area contributed by atoms with Gasteiger partial charge in [0, 0.05) is 25.8 Å². The van der Waals surface area contributed by atoms with E-state index in [0.717, 1.165) is 18.5 Å². The van der Waals surface area contributed by atoms with Crippen molar-refractivity contribution in [3.05, 3.63) is 54.1 Å². The van der Waals surface area contributed by atoms with Crippen LogP contribution in [0.4, 0.5) is 16.2 Å². The summed E-state index contributed by atoms with van der Waals surface area (Å²) in [5, 5.41) is 5.71. The number of ether oxygens (including phenoxy) is 1. The number of aryl methyl sites for hydroxylation is 1. The largest absolute Gasteiger partial charge is 0.495 e. The van der Waals surface area contributed by atoms with E-state index in [9.17, 15) is 4.79 Å². The van der Waals surface area contributed by atoms with Crippen LogP contribution in [0.5, 0.6) is 5.75 Å². The second-order valence-electron chi connectivity index (χ2n) is 5.70. The summed E-state index contributed by atoms with van der Waals surface area (Å²) in [4.78, 5) is 14.2. The molecule has 0 aliphatic heterocycles. The maximum atomic E-state index is 12.0. The molecule has 0 saturated heterocycles. The number of benzene rings is 2. The van der Waals surface area contributed by atoms with E-state index >= 15 is 0 Å². The Morgan fingerprint density at radius 1 is 1.17 bits per heavy atom. The average Bonchev–Trinajstić information content (AvgIpc) is 2.59. The molecule has 128 valence electrons. The number of anilines is 2. The summed E-state index contributed by atoms with van der Waals surface area (Å²) >= 11 is 0. The van der Waals surface area contributed by atoms with Gasteiger partial charge in [-0.05, 0) is 43.2 Å². The maximum Gasteiger partial charge on any atom is 0.319 e. The first kappa shape index (κ1) is 17.7. The minimum atomic E-state index is -0.221. The highest BCUT2D eigenvalue weighted by molar-refractivity contribution is 5.91. The van der Waals surface area contributed by atoms with Crippen LogP contribution in [-0.4, -0.2) is 33.3 Å². The number of nitrogens with zero attached hydrogens (tertiary/aromatic N) is 1. The van der Waals surface area contributed by atoms with Crippen molar-refractivity contribution in [3.8, 4) is 5.75 Å². The molecule has 0 aliphatic rings. The lowest BCUT2D eigenvalue weighted by Crippen LogP contribution is -2.31. The van der Waals surface area contributed by atoms with E-state index < -0.39 is 0 Å². The zero-order valence-corrected chi connectivity index (χ0v) is 14.5. The number of hydrogen-bond donors (Lipinski definition) is 2. The van der Waals surface area contributed by atoms with Crippen molar-refractivity contribution in [2.24, 2.45) is 0 Å². The molecule has 2 amide bonds. The molecule has 0 fully saturated rings. The Labute approximate surface area is 143 Å². The van der Waals surface area contributed by atoms with Gasteiger partial charge in [-0.2, -0.15) is 0 Å². The Hall–Kier alpha value is -2.69. The number of hydrogen-bond acceptors (Lipinski definition) is 3. The number of carbonyl (C=O) groups excluding carboxylic acids is 1. The van der Waals surface area contributed by atoms with Crippen molar-refractivity contribution in [2.45, 2.75) is 13.3 Å². The van der Waals surface area contributed by atoms with Gasteiger partial charge in [0.15, 0.2) is 0 Å². The van der Waals surface area contributed by atoms with Gasteiger partial charge in [0.25, 0.3) is 0 Å². The van der Waals surface area contributed by atoms with Crippen molar-refractivity contribution in [3.63, 3.8) is 0 Å². The van der Waals surface area contributed by atoms with Crippen molar-refractivity contribution in [1.29, 1.82) is 0 Å². The second kappa shape index (κ2) is 8.82. The quantitative estimate of drug-likeness (QED) is 0.763. The van der Waals surface area contributed by atoms with Gasteiger partial charge in [-0.25, -0.2) is 4.79 Å². The number of urea groups is 1. The van der Waals surface area contributed by atoms with Crippen LogP contribution in [-0.2, 0) is 0 Å². The minimum absolute atomic E-state index is 0.221. The van der Waals surface area contributed by atoms with Crippen molar-refractivity contribution in [2.75, 3.05) is 37.5 Å². The lowest BCUT2D eigenvalue weighted by Gasteiger charge is -2.19. The molecular weight excluding hydrogens is 302 g/mol. The molecule has 0 spiro atoms. The Kier molecular flexibility index (Phi) is 6.49. The van der Waals surface area contributed by atoms with Crippen LogP contribution < -0.4 is 20.3 Å². The lowest BCUT2D eigenvalue weighted by atomic mass is 10.2. The van der Waals surface area contributed by atoms with Gasteiger partial charge in [0.05, 0.1) is 12.8 Å². The molecule has 2 N–H and O–H groups in total. The highest BCUT2D eigenvalue weighted by Gasteiger charge is 2.07.